The highest BCUT2D eigenvalue weighted by atomic mass is 16.7. The number of epoxide rings is 1. The average Bonchev–Trinajstić information content (AvgIpc) is 3.37. The van der Waals surface area contributed by atoms with Crippen molar-refractivity contribution >= 4 is 0 Å². The molecule has 0 aromatic carbocycles. The van der Waals surface area contributed by atoms with Gasteiger partial charge in [0.1, 0.15) is 6.10 Å². The van der Waals surface area contributed by atoms with Crippen LogP contribution in [0.3, 0.4) is 0 Å². The van der Waals surface area contributed by atoms with Gasteiger partial charge in [0.25, 0.3) is 0 Å². The molecule has 2 atom stereocenters. The quantitative estimate of drug-likeness (QED) is 0.236. The Hall–Kier alpha value is -0.160. The number of methoxy groups -OCH3 is 2. The van der Waals surface area contributed by atoms with Crippen molar-refractivity contribution in [3.63, 3.8) is 0 Å². The maximum atomic E-state index is 5.70. The normalized spacial score (nSPS) is 19.0. The third-order valence-electron chi connectivity index (χ3n) is 4.85. The van der Waals surface area contributed by atoms with Gasteiger partial charge in [0.15, 0.2) is 5.79 Å². The molecule has 0 aliphatic carbocycles. The molecule has 0 aromatic rings. The lowest BCUT2D eigenvalue weighted by Gasteiger charge is -2.31. The van der Waals surface area contributed by atoms with E-state index in [4.69, 9.17) is 18.9 Å². The van der Waals surface area contributed by atoms with Crippen molar-refractivity contribution in [3.05, 3.63) is 0 Å². The monoisotopic (exact) mass is 330 g/mol. The zero-order valence-electron chi connectivity index (χ0n) is 15.8. The van der Waals surface area contributed by atoms with Crippen molar-refractivity contribution in [2.24, 2.45) is 5.92 Å². The van der Waals surface area contributed by atoms with Gasteiger partial charge in [-0.3, -0.25) is 0 Å². The Balaban J connectivity index is 2.07. The lowest BCUT2D eigenvalue weighted by molar-refractivity contribution is -0.216. The Kier molecular flexibility index (Phi) is 11.1. The fraction of sp³-hybridized carbons (Fsp3) is 1.00. The molecule has 0 radical (unpaired) electrons. The summed E-state index contributed by atoms with van der Waals surface area (Å²) < 4.78 is 22.1. The van der Waals surface area contributed by atoms with Gasteiger partial charge >= 0.3 is 0 Å². The summed E-state index contributed by atoms with van der Waals surface area (Å²) in [5.74, 6) is 0.361. The van der Waals surface area contributed by atoms with Gasteiger partial charge in [-0.25, -0.2) is 0 Å². The smallest absolute Gasteiger partial charge is 0.167 e. The van der Waals surface area contributed by atoms with Crippen LogP contribution < -0.4 is 0 Å². The molecule has 1 rings (SSSR count). The van der Waals surface area contributed by atoms with Crippen molar-refractivity contribution in [1.82, 2.24) is 0 Å². The summed E-state index contributed by atoms with van der Waals surface area (Å²) >= 11 is 0. The number of rotatable bonds is 16. The Morgan fingerprint density at radius 1 is 1.04 bits per heavy atom. The zero-order chi connectivity index (χ0) is 17.0. The predicted molar refractivity (Wildman–Crippen MR) is 93.7 cm³/mol. The number of ether oxygens (including phenoxy) is 4. The summed E-state index contributed by atoms with van der Waals surface area (Å²) in [6.45, 7) is 7.08. The molecule has 1 aliphatic heterocycles. The van der Waals surface area contributed by atoms with Crippen LogP contribution in [0.4, 0.5) is 0 Å². The van der Waals surface area contributed by atoms with E-state index in [9.17, 15) is 0 Å². The van der Waals surface area contributed by atoms with E-state index in [0.717, 1.165) is 51.4 Å². The van der Waals surface area contributed by atoms with E-state index in [1.165, 1.54) is 32.1 Å². The van der Waals surface area contributed by atoms with Gasteiger partial charge in [-0.1, -0.05) is 33.1 Å². The van der Waals surface area contributed by atoms with E-state index >= 15 is 0 Å². The van der Waals surface area contributed by atoms with E-state index in [1.807, 2.05) is 0 Å². The Morgan fingerprint density at radius 3 is 2.30 bits per heavy atom. The maximum Gasteiger partial charge on any atom is 0.167 e. The molecule has 0 amide bonds. The summed E-state index contributed by atoms with van der Waals surface area (Å²) in [5, 5.41) is 0. The first-order valence-corrected chi connectivity index (χ1v) is 9.45. The summed E-state index contributed by atoms with van der Waals surface area (Å²) in [6, 6.07) is 0. The molecule has 0 spiro atoms. The van der Waals surface area contributed by atoms with Crippen molar-refractivity contribution in [1.29, 1.82) is 0 Å². The van der Waals surface area contributed by atoms with Crippen molar-refractivity contribution in [2.75, 3.05) is 34.0 Å². The number of hydrogen-bond donors (Lipinski definition) is 0. The summed E-state index contributed by atoms with van der Waals surface area (Å²) in [6.07, 6.45) is 10.8. The van der Waals surface area contributed by atoms with Gasteiger partial charge in [-0.15, -0.1) is 0 Å². The van der Waals surface area contributed by atoms with E-state index < -0.39 is 0 Å². The number of unbranched alkanes of at least 4 members (excludes halogenated alkanes) is 2. The van der Waals surface area contributed by atoms with Gasteiger partial charge < -0.3 is 18.9 Å². The molecule has 0 N–H and O–H groups in total. The molecule has 23 heavy (non-hydrogen) atoms. The lowest BCUT2D eigenvalue weighted by atomic mass is 9.95. The third kappa shape index (κ3) is 9.65. The van der Waals surface area contributed by atoms with Gasteiger partial charge in [-0.2, -0.15) is 0 Å². The predicted octanol–water partition coefficient (Wildman–Crippen LogP) is 4.56. The maximum absolute atomic E-state index is 5.70. The summed E-state index contributed by atoms with van der Waals surface area (Å²) in [7, 11) is 3.56. The molecule has 0 bridgehead atoms. The second kappa shape index (κ2) is 12.2. The molecule has 1 heterocycles. The largest absolute Gasteiger partial charge is 0.379 e. The SMILES string of the molecule is CCCCCC(CCCC(C)CCCOCC1CO1)(OC)OC. The fourth-order valence-electron chi connectivity index (χ4n) is 3.04. The van der Waals surface area contributed by atoms with Gasteiger partial charge in [0, 0.05) is 33.7 Å². The average molecular weight is 331 g/mol. The molecule has 1 saturated heterocycles. The van der Waals surface area contributed by atoms with Crippen molar-refractivity contribution < 1.29 is 18.9 Å². The number of hydrogen-bond acceptors (Lipinski definition) is 4. The van der Waals surface area contributed by atoms with Crippen LogP contribution in [0, 0.1) is 5.92 Å². The highest BCUT2D eigenvalue weighted by molar-refractivity contribution is 4.71. The van der Waals surface area contributed by atoms with Crippen LogP contribution >= 0.6 is 0 Å². The first-order valence-electron chi connectivity index (χ1n) is 9.45. The lowest BCUT2D eigenvalue weighted by Crippen LogP contribution is -2.33. The minimum Gasteiger partial charge on any atom is -0.379 e. The second-order valence-corrected chi connectivity index (χ2v) is 6.95. The molecular weight excluding hydrogens is 292 g/mol. The Morgan fingerprint density at radius 2 is 1.70 bits per heavy atom. The molecular formula is C19H38O4. The van der Waals surface area contributed by atoms with Crippen molar-refractivity contribution in [3.8, 4) is 0 Å². The second-order valence-electron chi connectivity index (χ2n) is 6.95. The van der Waals surface area contributed by atoms with E-state index in [-0.39, 0.29) is 5.79 Å². The van der Waals surface area contributed by atoms with Gasteiger partial charge in [0.05, 0.1) is 13.2 Å². The van der Waals surface area contributed by atoms with Gasteiger partial charge in [0.2, 0.25) is 0 Å². The topological polar surface area (TPSA) is 40.2 Å². The van der Waals surface area contributed by atoms with Crippen LogP contribution in [-0.4, -0.2) is 45.9 Å². The molecule has 138 valence electrons. The summed E-state index contributed by atoms with van der Waals surface area (Å²) in [5.41, 5.74) is 0. The highest BCUT2D eigenvalue weighted by Crippen LogP contribution is 2.28. The van der Waals surface area contributed by atoms with Gasteiger partial charge in [-0.05, 0) is 31.6 Å². The van der Waals surface area contributed by atoms with Crippen LogP contribution in [0.15, 0.2) is 0 Å². The van der Waals surface area contributed by atoms with E-state index in [0.29, 0.717) is 6.10 Å². The van der Waals surface area contributed by atoms with Crippen LogP contribution in [0.25, 0.3) is 0 Å². The first kappa shape index (κ1) is 20.9. The third-order valence-corrected chi connectivity index (χ3v) is 4.85. The molecule has 0 saturated carbocycles. The van der Waals surface area contributed by atoms with Crippen molar-refractivity contribution in [2.45, 2.75) is 83.5 Å². The zero-order valence-corrected chi connectivity index (χ0v) is 15.8. The first-order chi connectivity index (χ1) is 11.2. The minimum absolute atomic E-state index is 0.373. The Labute approximate surface area is 143 Å². The van der Waals surface area contributed by atoms with E-state index in [1.54, 1.807) is 14.2 Å². The minimum atomic E-state index is -0.373. The van der Waals surface area contributed by atoms with Crippen LogP contribution in [0.2, 0.25) is 0 Å². The molecule has 4 nitrogen and oxygen atoms in total. The molecule has 1 fully saturated rings. The Bertz CT molecular complexity index is 275. The molecule has 4 heteroatoms. The molecule has 2 unspecified atom stereocenters. The van der Waals surface area contributed by atoms with Crippen LogP contribution in [0.1, 0.15) is 71.6 Å². The molecule has 1 aliphatic rings. The van der Waals surface area contributed by atoms with Crippen LogP contribution in [-0.2, 0) is 18.9 Å². The van der Waals surface area contributed by atoms with E-state index in [2.05, 4.69) is 13.8 Å². The summed E-state index contributed by atoms with van der Waals surface area (Å²) in [4.78, 5) is 0. The standard InChI is InChI=1S/C19H38O4/c1-5-6-7-12-19(20-3,21-4)13-8-10-17(2)11-9-14-22-15-18-16-23-18/h17-18H,5-16H2,1-4H3. The molecule has 0 aromatic heterocycles. The highest BCUT2D eigenvalue weighted by Gasteiger charge is 2.28. The van der Waals surface area contributed by atoms with Crippen LogP contribution in [0.5, 0.6) is 0 Å². The fourth-order valence-corrected chi connectivity index (χ4v) is 3.04.